The van der Waals surface area contributed by atoms with Crippen molar-refractivity contribution < 1.29 is 112 Å². The van der Waals surface area contributed by atoms with Crippen molar-refractivity contribution in [1.82, 2.24) is 0 Å². The van der Waals surface area contributed by atoms with Crippen molar-refractivity contribution in [3.63, 3.8) is 0 Å². The van der Waals surface area contributed by atoms with Gasteiger partial charge in [-0.3, -0.25) is 0 Å². The number of aliphatic hydroxyl groups excluding tert-OH is 3. The summed E-state index contributed by atoms with van der Waals surface area (Å²) in [6.07, 6.45) is 0. The van der Waals surface area contributed by atoms with Crippen molar-refractivity contribution in [3.05, 3.63) is 23.7 Å². The summed E-state index contributed by atoms with van der Waals surface area (Å²) < 4.78 is 0. The molecule has 6 aromatic carbocycles. The first-order valence-corrected chi connectivity index (χ1v) is 14.8. The van der Waals surface area contributed by atoms with Gasteiger partial charge in [-0.2, -0.15) is 0 Å². The molecule has 0 aliphatic carbocycles. The Morgan fingerprint density at radius 1 is 0.250 bits per heavy atom. The SMILES string of the molecule is C=C(O)/C(O)=C(\O)c1c2c(O)c(O)c(O)c(O)c2c(-c2c(O)c(O)c(O)c(O)c2-c2c(O)c(O)c(O)c3c(O)c(O)c(O)c(O)c23)c2c(O)c(O)c(O)c(O)c12. The van der Waals surface area contributed by atoms with Crippen molar-refractivity contribution >= 4 is 38.1 Å². The number of fused-ring (bicyclic) bond motifs is 3. The first-order valence-electron chi connectivity index (χ1n) is 14.8. The second-order valence-electron chi connectivity index (χ2n) is 11.9. The molecule has 0 aliphatic heterocycles. The van der Waals surface area contributed by atoms with Gasteiger partial charge in [0, 0.05) is 54.7 Å². The third-order valence-electron chi connectivity index (χ3n) is 8.99. The van der Waals surface area contributed by atoms with Gasteiger partial charge in [-0.1, -0.05) is 6.58 Å². The molecule has 6 rings (SSSR count). The van der Waals surface area contributed by atoms with E-state index in [4.69, 9.17) is 0 Å². The Kier molecular flexibility index (Phi) is 7.65. The zero-order valence-electron chi connectivity index (χ0n) is 27.0. The number of phenolic OH excluding ortho intramolecular Hbond substituents is 19. The number of phenols is 19. The summed E-state index contributed by atoms with van der Waals surface area (Å²) in [5.74, 6) is -36.7. The molecule has 0 aliphatic rings. The standard InChI is InChI=1S/C34H24O22/c1-2(35)14(36)15(37)10-7-4(16(38)27(49)30(52)20(7)42)3(5-8(10)21(43)31(53)28(50)17(5)39)6-9(22(44)32(54)29(51)18(6)40)11-12-13(24(46)26(48)19(11)41)25(47)34(56)33(55)23(12)45/h35-56H,1H2/b15-14+. The summed E-state index contributed by atoms with van der Waals surface area (Å²) in [4.78, 5) is 0. The number of hydrogen-bond donors (Lipinski definition) is 22. The lowest BCUT2D eigenvalue weighted by Crippen LogP contribution is -2.01. The lowest BCUT2D eigenvalue weighted by molar-refractivity contribution is 0.315. The highest BCUT2D eigenvalue weighted by Gasteiger charge is 2.39. The number of aromatic hydroxyl groups is 19. The summed E-state index contributed by atoms with van der Waals surface area (Å²) in [7, 11) is 0. The minimum absolute atomic E-state index is 1.27. The van der Waals surface area contributed by atoms with Crippen LogP contribution in [0.5, 0.6) is 109 Å². The Morgan fingerprint density at radius 3 is 0.821 bits per heavy atom. The number of aliphatic hydroxyl groups is 3. The van der Waals surface area contributed by atoms with Gasteiger partial charge in [0.25, 0.3) is 0 Å². The van der Waals surface area contributed by atoms with Gasteiger partial charge in [-0.25, -0.2) is 0 Å². The van der Waals surface area contributed by atoms with Crippen molar-refractivity contribution in [2.75, 3.05) is 0 Å². The van der Waals surface area contributed by atoms with Crippen LogP contribution in [-0.2, 0) is 0 Å². The lowest BCUT2D eigenvalue weighted by Gasteiger charge is -2.25. The molecule has 0 amide bonds. The monoisotopic (exact) mass is 784 g/mol. The molecule has 22 nitrogen and oxygen atoms in total. The Labute approximate surface area is 305 Å². The van der Waals surface area contributed by atoms with Gasteiger partial charge >= 0.3 is 0 Å². The van der Waals surface area contributed by atoms with E-state index in [9.17, 15) is 112 Å². The molecule has 0 unspecified atom stereocenters. The molecule has 0 saturated carbocycles. The molecular weight excluding hydrogens is 760 g/mol. The molecule has 0 aromatic heterocycles. The van der Waals surface area contributed by atoms with Crippen LogP contribution in [0.25, 0.3) is 60.3 Å². The van der Waals surface area contributed by atoms with Crippen LogP contribution in [0.4, 0.5) is 0 Å². The zero-order chi connectivity index (χ0) is 42.1. The van der Waals surface area contributed by atoms with E-state index in [0.717, 1.165) is 0 Å². The molecule has 22 N–H and O–H groups in total. The highest BCUT2D eigenvalue weighted by molar-refractivity contribution is 6.29. The molecular formula is C34H24O22. The minimum Gasteiger partial charge on any atom is -0.505 e. The molecule has 6 aromatic rings. The van der Waals surface area contributed by atoms with Crippen LogP contribution in [0.15, 0.2) is 18.1 Å². The number of rotatable bonds is 4. The van der Waals surface area contributed by atoms with E-state index in [2.05, 4.69) is 6.58 Å². The van der Waals surface area contributed by atoms with Crippen LogP contribution in [-0.4, -0.2) is 112 Å². The van der Waals surface area contributed by atoms with Gasteiger partial charge in [0.2, 0.25) is 51.7 Å². The van der Waals surface area contributed by atoms with E-state index >= 15 is 0 Å². The molecule has 0 fully saturated rings. The zero-order valence-corrected chi connectivity index (χ0v) is 27.0. The normalized spacial score (nSPS) is 12.1. The van der Waals surface area contributed by atoms with Crippen LogP contribution in [0.2, 0.25) is 0 Å². The Morgan fingerprint density at radius 2 is 0.482 bits per heavy atom. The van der Waals surface area contributed by atoms with Crippen LogP contribution in [0, 0.1) is 0 Å². The lowest BCUT2D eigenvalue weighted by atomic mass is 9.81. The van der Waals surface area contributed by atoms with E-state index in [1.165, 1.54) is 0 Å². The van der Waals surface area contributed by atoms with Crippen molar-refractivity contribution in [3.8, 4) is 131 Å². The fourth-order valence-corrected chi connectivity index (χ4v) is 6.43. The molecule has 0 heterocycles. The number of hydrogen-bond acceptors (Lipinski definition) is 22. The predicted octanol–water partition coefficient (Wildman–Crippen LogP) is 3.74. The van der Waals surface area contributed by atoms with Crippen LogP contribution >= 0.6 is 0 Å². The highest BCUT2D eigenvalue weighted by atomic mass is 16.4. The van der Waals surface area contributed by atoms with Gasteiger partial charge in [-0.05, 0) is 0 Å². The third-order valence-corrected chi connectivity index (χ3v) is 8.99. The molecule has 0 saturated heterocycles. The van der Waals surface area contributed by atoms with Gasteiger partial charge in [-0.15, -0.1) is 0 Å². The van der Waals surface area contributed by atoms with Crippen LogP contribution < -0.4 is 0 Å². The Balaban J connectivity index is 2.14. The second-order valence-corrected chi connectivity index (χ2v) is 11.9. The van der Waals surface area contributed by atoms with Crippen LogP contribution in [0.1, 0.15) is 5.56 Å². The van der Waals surface area contributed by atoms with E-state index in [-0.39, 0.29) is 0 Å². The minimum atomic E-state index is -1.80. The van der Waals surface area contributed by atoms with Gasteiger partial charge in [0.05, 0.1) is 5.39 Å². The second kappa shape index (κ2) is 11.6. The topological polar surface area (TPSA) is 445 Å². The van der Waals surface area contributed by atoms with E-state index in [1.807, 2.05) is 0 Å². The summed E-state index contributed by atoms with van der Waals surface area (Å²) in [5.41, 5.74) is -7.19. The summed E-state index contributed by atoms with van der Waals surface area (Å²) in [5, 5.41) is 231. The summed E-state index contributed by atoms with van der Waals surface area (Å²) >= 11 is 0. The molecule has 22 heteroatoms. The Bertz CT molecular complexity index is 2800. The maximum absolute atomic E-state index is 11.6. The molecule has 0 bridgehead atoms. The molecule has 56 heavy (non-hydrogen) atoms. The van der Waals surface area contributed by atoms with Gasteiger partial charge in [0.1, 0.15) is 0 Å². The predicted molar refractivity (Wildman–Crippen MR) is 185 cm³/mol. The van der Waals surface area contributed by atoms with E-state index in [0.29, 0.717) is 0 Å². The fourth-order valence-electron chi connectivity index (χ4n) is 6.43. The molecule has 292 valence electrons. The van der Waals surface area contributed by atoms with Gasteiger partial charge < -0.3 is 112 Å². The fraction of sp³-hybridized carbons (Fsp3) is 0. The molecule has 0 radical (unpaired) electrons. The van der Waals surface area contributed by atoms with E-state index in [1.54, 1.807) is 0 Å². The smallest absolute Gasteiger partial charge is 0.205 e. The van der Waals surface area contributed by atoms with Crippen molar-refractivity contribution in [1.29, 1.82) is 0 Å². The number of benzene rings is 6. The quantitative estimate of drug-likeness (QED) is 0.0398. The maximum Gasteiger partial charge on any atom is 0.205 e. The van der Waals surface area contributed by atoms with Gasteiger partial charge in [0.15, 0.2) is 74.8 Å². The highest BCUT2D eigenvalue weighted by Crippen LogP contribution is 2.68. The average Bonchev–Trinajstić information content (AvgIpc) is 3.16. The average molecular weight is 785 g/mol. The van der Waals surface area contributed by atoms with Crippen LogP contribution in [0.3, 0.4) is 0 Å². The maximum atomic E-state index is 11.6. The largest absolute Gasteiger partial charge is 0.505 e. The van der Waals surface area contributed by atoms with E-state index < -0.39 is 187 Å². The summed E-state index contributed by atoms with van der Waals surface area (Å²) in [6.45, 7) is 2.97. The molecule has 0 atom stereocenters. The molecule has 0 spiro atoms. The Hall–Kier alpha value is -8.82. The summed E-state index contributed by atoms with van der Waals surface area (Å²) in [6, 6.07) is 0. The first-order chi connectivity index (χ1) is 25.9. The third kappa shape index (κ3) is 4.30. The van der Waals surface area contributed by atoms with Crippen molar-refractivity contribution in [2.24, 2.45) is 0 Å². The first kappa shape index (κ1) is 37.0. The van der Waals surface area contributed by atoms with Crippen molar-refractivity contribution in [2.45, 2.75) is 0 Å².